The highest BCUT2D eigenvalue weighted by atomic mass is 32.2. The Kier molecular flexibility index (Phi) is 4.79. The molecule has 0 aliphatic heterocycles. The number of aryl methyl sites for hydroxylation is 2. The van der Waals surface area contributed by atoms with Gasteiger partial charge < -0.3 is 15.3 Å². The lowest BCUT2D eigenvalue weighted by atomic mass is 10.1. The van der Waals surface area contributed by atoms with E-state index in [4.69, 9.17) is 0 Å². The van der Waals surface area contributed by atoms with Gasteiger partial charge in [-0.05, 0) is 43.7 Å². The second-order valence-corrected chi connectivity index (χ2v) is 7.49. The Morgan fingerprint density at radius 2 is 1.96 bits per heavy atom. The molecule has 3 N–H and O–H groups in total. The summed E-state index contributed by atoms with van der Waals surface area (Å²) in [7, 11) is 0. The second kappa shape index (κ2) is 7.40. The van der Waals surface area contributed by atoms with Gasteiger partial charge >= 0.3 is 5.69 Å². The van der Waals surface area contributed by atoms with Crippen LogP contribution in [0.25, 0.3) is 16.7 Å². The molecule has 0 atom stereocenters. The van der Waals surface area contributed by atoms with Crippen LogP contribution in [0.1, 0.15) is 11.1 Å². The molecule has 2 aromatic heterocycles. The first-order valence-corrected chi connectivity index (χ1v) is 9.74. The molecule has 2 aromatic carbocycles. The molecule has 0 aliphatic rings. The Hall–Kier alpha value is -3.26. The van der Waals surface area contributed by atoms with Crippen molar-refractivity contribution in [3.05, 3.63) is 70.4 Å². The minimum atomic E-state index is -0.271. The monoisotopic (exact) mass is 393 g/mol. The third kappa shape index (κ3) is 3.72. The number of carbonyl (C=O) groups is 1. The lowest BCUT2D eigenvalue weighted by Crippen LogP contribution is -2.14. The molecule has 2 heterocycles. The van der Waals surface area contributed by atoms with Gasteiger partial charge in [0.1, 0.15) is 0 Å². The van der Waals surface area contributed by atoms with E-state index in [1.165, 1.54) is 17.3 Å². The van der Waals surface area contributed by atoms with Gasteiger partial charge in [0.25, 0.3) is 0 Å². The fraction of sp³-hybridized carbons (Fsp3) is 0.150. The van der Waals surface area contributed by atoms with Gasteiger partial charge in [-0.15, -0.1) is 0 Å². The highest BCUT2D eigenvalue weighted by molar-refractivity contribution is 7.99. The number of amides is 1. The van der Waals surface area contributed by atoms with Crippen LogP contribution in [-0.4, -0.2) is 31.2 Å². The molecule has 0 saturated carbocycles. The average Bonchev–Trinajstić information content (AvgIpc) is 3.25. The van der Waals surface area contributed by atoms with E-state index < -0.39 is 0 Å². The van der Waals surface area contributed by atoms with Crippen molar-refractivity contribution in [2.24, 2.45) is 0 Å². The Bertz CT molecular complexity index is 1220. The van der Waals surface area contributed by atoms with Gasteiger partial charge in [-0.2, -0.15) is 0 Å². The molecule has 0 unspecified atom stereocenters. The van der Waals surface area contributed by atoms with E-state index >= 15 is 0 Å². The molecule has 1 amide bonds. The van der Waals surface area contributed by atoms with E-state index in [1.54, 1.807) is 24.4 Å². The molecule has 28 heavy (non-hydrogen) atoms. The largest absolute Gasteiger partial charge is 0.325 e. The van der Waals surface area contributed by atoms with Gasteiger partial charge in [-0.25, -0.2) is 9.78 Å². The quantitative estimate of drug-likeness (QED) is 0.453. The van der Waals surface area contributed by atoms with Crippen molar-refractivity contribution in [1.82, 2.24) is 19.5 Å². The topological polar surface area (TPSA) is 95.6 Å². The van der Waals surface area contributed by atoms with Gasteiger partial charge in [0.05, 0.1) is 22.5 Å². The van der Waals surface area contributed by atoms with Crippen LogP contribution in [0.15, 0.2) is 58.7 Å². The molecule has 8 heteroatoms. The molecule has 0 saturated heterocycles. The Morgan fingerprint density at radius 1 is 1.14 bits per heavy atom. The Labute approximate surface area is 165 Å². The molecule has 0 spiro atoms. The number of hydrogen-bond acceptors (Lipinski definition) is 4. The first kappa shape index (κ1) is 18.1. The normalized spacial score (nSPS) is 11.1. The molecule has 7 nitrogen and oxygen atoms in total. The van der Waals surface area contributed by atoms with Crippen molar-refractivity contribution in [2.75, 3.05) is 11.1 Å². The predicted molar refractivity (Wildman–Crippen MR) is 111 cm³/mol. The summed E-state index contributed by atoms with van der Waals surface area (Å²) in [6.45, 7) is 4.12. The molecule has 0 aliphatic carbocycles. The summed E-state index contributed by atoms with van der Waals surface area (Å²) in [5.74, 6) is 0.0845. The molecule has 4 aromatic rings. The van der Waals surface area contributed by atoms with Crippen LogP contribution in [0, 0.1) is 13.8 Å². The standard InChI is InChI=1S/C20H19N5O2S/c1-12-3-6-17(13(2)9-12)25-8-7-21-20(25)28-11-18(26)22-14-4-5-15-16(10-14)24-19(27)23-15/h3-10H,11H2,1-2H3,(H,22,26)(H2,23,24,27). The summed E-state index contributed by atoms with van der Waals surface area (Å²) >= 11 is 1.37. The van der Waals surface area contributed by atoms with Crippen LogP contribution < -0.4 is 11.0 Å². The maximum atomic E-state index is 12.4. The number of hydrogen-bond donors (Lipinski definition) is 3. The number of imidazole rings is 2. The van der Waals surface area contributed by atoms with E-state index in [2.05, 4.69) is 52.3 Å². The molecule has 0 radical (unpaired) electrons. The van der Waals surface area contributed by atoms with E-state index in [0.29, 0.717) is 16.7 Å². The maximum Gasteiger partial charge on any atom is 0.323 e. The molecular weight excluding hydrogens is 374 g/mol. The van der Waals surface area contributed by atoms with E-state index in [-0.39, 0.29) is 17.3 Å². The minimum absolute atomic E-state index is 0.141. The zero-order valence-electron chi connectivity index (χ0n) is 15.4. The predicted octanol–water partition coefficient (Wildman–Crippen LogP) is 3.39. The van der Waals surface area contributed by atoms with Gasteiger partial charge in [0, 0.05) is 18.1 Å². The van der Waals surface area contributed by atoms with Crippen LogP contribution in [-0.2, 0) is 4.79 Å². The SMILES string of the molecule is Cc1ccc(-n2ccnc2SCC(=O)Nc2ccc3[nH]c(=O)[nH]c3c2)c(C)c1. The second-order valence-electron chi connectivity index (χ2n) is 6.55. The fourth-order valence-corrected chi connectivity index (χ4v) is 3.86. The minimum Gasteiger partial charge on any atom is -0.325 e. The van der Waals surface area contributed by atoms with Crippen molar-refractivity contribution in [3.8, 4) is 5.69 Å². The third-order valence-electron chi connectivity index (χ3n) is 4.35. The molecule has 4 rings (SSSR count). The number of aromatic amines is 2. The molecule has 0 fully saturated rings. The van der Waals surface area contributed by atoms with Gasteiger partial charge in [-0.1, -0.05) is 29.5 Å². The highest BCUT2D eigenvalue weighted by Crippen LogP contribution is 2.24. The summed E-state index contributed by atoms with van der Waals surface area (Å²) in [6, 6.07) is 11.5. The average molecular weight is 393 g/mol. The zero-order valence-corrected chi connectivity index (χ0v) is 16.3. The van der Waals surface area contributed by atoms with Crippen molar-refractivity contribution >= 4 is 34.4 Å². The molecule has 142 valence electrons. The highest BCUT2D eigenvalue weighted by Gasteiger charge is 2.11. The number of nitrogens with zero attached hydrogens (tertiary/aromatic N) is 2. The summed E-state index contributed by atoms with van der Waals surface area (Å²) < 4.78 is 1.99. The number of fused-ring (bicyclic) bond motifs is 1. The van der Waals surface area contributed by atoms with Crippen LogP contribution in [0.2, 0.25) is 0 Å². The number of carbonyl (C=O) groups excluding carboxylic acids is 1. The lowest BCUT2D eigenvalue weighted by molar-refractivity contribution is -0.113. The lowest BCUT2D eigenvalue weighted by Gasteiger charge is -2.11. The summed E-state index contributed by atoms with van der Waals surface area (Å²) in [6.07, 6.45) is 3.63. The van der Waals surface area contributed by atoms with Crippen molar-refractivity contribution in [3.63, 3.8) is 0 Å². The molecular formula is C20H19N5O2S. The molecule has 0 bridgehead atoms. The van der Waals surface area contributed by atoms with Gasteiger partial charge in [0.15, 0.2) is 5.16 Å². The summed E-state index contributed by atoms with van der Waals surface area (Å²) in [5.41, 5.74) is 5.12. The van der Waals surface area contributed by atoms with Gasteiger partial charge in [-0.3, -0.25) is 9.36 Å². The third-order valence-corrected chi connectivity index (χ3v) is 5.32. The van der Waals surface area contributed by atoms with Crippen LogP contribution >= 0.6 is 11.8 Å². The Balaban J connectivity index is 1.45. The number of benzene rings is 2. The number of nitrogens with one attached hydrogen (secondary N) is 3. The van der Waals surface area contributed by atoms with Gasteiger partial charge in [0.2, 0.25) is 5.91 Å². The Morgan fingerprint density at radius 3 is 2.79 bits per heavy atom. The van der Waals surface area contributed by atoms with Crippen molar-refractivity contribution in [2.45, 2.75) is 19.0 Å². The number of aromatic nitrogens is 4. The van der Waals surface area contributed by atoms with E-state index in [0.717, 1.165) is 16.4 Å². The number of anilines is 1. The zero-order chi connectivity index (χ0) is 19.7. The number of rotatable bonds is 5. The van der Waals surface area contributed by atoms with Crippen LogP contribution in [0.4, 0.5) is 5.69 Å². The number of thioether (sulfide) groups is 1. The van der Waals surface area contributed by atoms with Crippen LogP contribution in [0.3, 0.4) is 0 Å². The first-order chi connectivity index (χ1) is 13.5. The summed E-state index contributed by atoms with van der Waals surface area (Å²) in [5, 5.41) is 3.61. The fourth-order valence-electron chi connectivity index (χ4n) is 3.09. The van der Waals surface area contributed by atoms with Crippen molar-refractivity contribution in [1.29, 1.82) is 0 Å². The maximum absolute atomic E-state index is 12.4. The number of H-pyrrole nitrogens is 2. The summed E-state index contributed by atoms with van der Waals surface area (Å²) in [4.78, 5) is 33.4. The van der Waals surface area contributed by atoms with E-state index in [1.807, 2.05) is 10.8 Å². The smallest absolute Gasteiger partial charge is 0.323 e. The first-order valence-electron chi connectivity index (χ1n) is 8.75. The van der Waals surface area contributed by atoms with Crippen molar-refractivity contribution < 1.29 is 4.79 Å². The van der Waals surface area contributed by atoms with E-state index in [9.17, 15) is 9.59 Å². The van der Waals surface area contributed by atoms with Crippen LogP contribution in [0.5, 0.6) is 0 Å².